The van der Waals surface area contributed by atoms with Gasteiger partial charge in [-0.1, -0.05) is 0 Å². The average molecular weight is 251 g/mol. The van der Waals surface area contributed by atoms with E-state index >= 15 is 0 Å². The fraction of sp³-hybridized carbons (Fsp3) is 0.500. The lowest BCUT2D eigenvalue weighted by Crippen LogP contribution is -2.32. The zero-order chi connectivity index (χ0) is 13.7. The second-order valence-corrected chi connectivity index (χ2v) is 4.44. The van der Waals surface area contributed by atoms with Crippen LogP contribution in [0.4, 0.5) is 0 Å². The highest BCUT2D eigenvalue weighted by molar-refractivity contribution is 5.73. The number of aryl methyl sites for hydroxylation is 1. The number of ether oxygens (including phenoxy) is 2. The predicted octanol–water partition coefficient (Wildman–Crippen LogP) is 2.08. The summed E-state index contributed by atoms with van der Waals surface area (Å²) in [5.74, 6) is 1.63. The fourth-order valence-corrected chi connectivity index (χ4v) is 2.00. The number of amides is 1. The Kier molecular flexibility index (Phi) is 5.01. The summed E-state index contributed by atoms with van der Waals surface area (Å²) in [6, 6.07) is 3.98. The first kappa shape index (κ1) is 14.4. The van der Waals surface area contributed by atoms with E-state index in [0.717, 1.165) is 22.6 Å². The van der Waals surface area contributed by atoms with Gasteiger partial charge in [-0.25, -0.2) is 0 Å². The Balaban J connectivity index is 2.95. The van der Waals surface area contributed by atoms with Crippen LogP contribution >= 0.6 is 0 Å². The number of methoxy groups -OCH3 is 2. The second-order valence-electron chi connectivity index (χ2n) is 4.44. The standard InChI is InChI=1S/C14H21NO3/c1-9-6-14(18-5)12(8-13(9)17-4)7-10(2)15-11(3)16/h6,8,10H,7H2,1-5H3,(H,15,16)/t10-/m1/s1. The number of carbonyl (C=O) groups excluding carboxylic acids is 1. The molecule has 0 aliphatic heterocycles. The zero-order valence-electron chi connectivity index (χ0n) is 11.7. The minimum Gasteiger partial charge on any atom is -0.496 e. The van der Waals surface area contributed by atoms with Crippen LogP contribution in [0.25, 0.3) is 0 Å². The van der Waals surface area contributed by atoms with E-state index in [4.69, 9.17) is 9.47 Å². The lowest BCUT2D eigenvalue weighted by atomic mass is 10.0. The minimum atomic E-state index is -0.0273. The molecule has 0 aliphatic rings. The van der Waals surface area contributed by atoms with Gasteiger partial charge < -0.3 is 14.8 Å². The molecule has 0 saturated carbocycles. The van der Waals surface area contributed by atoms with Crippen molar-refractivity contribution in [2.75, 3.05) is 14.2 Å². The van der Waals surface area contributed by atoms with Crippen molar-refractivity contribution >= 4 is 5.91 Å². The highest BCUT2D eigenvalue weighted by Gasteiger charge is 2.12. The maximum atomic E-state index is 11.0. The van der Waals surface area contributed by atoms with E-state index in [-0.39, 0.29) is 11.9 Å². The molecule has 0 heterocycles. The number of hydrogen-bond donors (Lipinski definition) is 1. The van der Waals surface area contributed by atoms with E-state index in [1.54, 1.807) is 14.2 Å². The molecular weight excluding hydrogens is 230 g/mol. The summed E-state index contributed by atoms with van der Waals surface area (Å²) in [7, 11) is 3.30. The largest absolute Gasteiger partial charge is 0.496 e. The topological polar surface area (TPSA) is 47.6 Å². The summed E-state index contributed by atoms with van der Waals surface area (Å²) >= 11 is 0. The molecule has 1 N–H and O–H groups in total. The molecule has 0 aliphatic carbocycles. The van der Waals surface area contributed by atoms with Crippen LogP contribution < -0.4 is 14.8 Å². The van der Waals surface area contributed by atoms with Crippen LogP contribution in [0.5, 0.6) is 11.5 Å². The van der Waals surface area contributed by atoms with Crippen LogP contribution in [-0.4, -0.2) is 26.2 Å². The molecule has 0 saturated heterocycles. The zero-order valence-corrected chi connectivity index (χ0v) is 11.7. The molecular formula is C14H21NO3. The summed E-state index contributed by atoms with van der Waals surface area (Å²) < 4.78 is 10.7. The molecule has 4 nitrogen and oxygen atoms in total. The Labute approximate surface area is 108 Å². The molecule has 1 aromatic carbocycles. The lowest BCUT2D eigenvalue weighted by molar-refractivity contribution is -0.119. The molecule has 0 spiro atoms. The molecule has 0 unspecified atom stereocenters. The third-order valence-electron chi connectivity index (χ3n) is 2.77. The van der Waals surface area contributed by atoms with E-state index in [1.165, 1.54) is 6.92 Å². The van der Waals surface area contributed by atoms with Gasteiger partial charge in [0, 0.05) is 13.0 Å². The van der Waals surface area contributed by atoms with Gasteiger partial charge in [0.15, 0.2) is 0 Å². The van der Waals surface area contributed by atoms with Gasteiger partial charge in [0.05, 0.1) is 14.2 Å². The van der Waals surface area contributed by atoms with Gasteiger partial charge in [-0.3, -0.25) is 4.79 Å². The molecule has 4 heteroatoms. The second kappa shape index (κ2) is 6.28. The molecule has 1 atom stereocenters. The first-order valence-corrected chi connectivity index (χ1v) is 5.96. The van der Waals surface area contributed by atoms with Crippen molar-refractivity contribution in [3.05, 3.63) is 23.3 Å². The molecule has 1 aromatic rings. The van der Waals surface area contributed by atoms with E-state index in [2.05, 4.69) is 5.32 Å². The normalized spacial score (nSPS) is 11.8. The van der Waals surface area contributed by atoms with Crippen molar-refractivity contribution < 1.29 is 14.3 Å². The summed E-state index contributed by atoms with van der Waals surface area (Å²) in [6.07, 6.45) is 0.708. The number of benzene rings is 1. The van der Waals surface area contributed by atoms with Gasteiger partial charge in [0.25, 0.3) is 0 Å². The molecule has 1 amide bonds. The first-order valence-electron chi connectivity index (χ1n) is 5.96. The number of nitrogens with one attached hydrogen (secondary N) is 1. The SMILES string of the molecule is COc1cc(C[C@@H](C)NC(C)=O)c(OC)cc1C. The van der Waals surface area contributed by atoms with Gasteiger partial charge in [-0.15, -0.1) is 0 Å². The lowest BCUT2D eigenvalue weighted by Gasteiger charge is -2.17. The molecule has 0 fully saturated rings. The number of hydrogen-bond acceptors (Lipinski definition) is 3. The van der Waals surface area contributed by atoms with Crippen molar-refractivity contribution in [1.82, 2.24) is 5.32 Å². The summed E-state index contributed by atoms with van der Waals surface area (Å²) in [5, 5.41) is 2.86. The van der Waals surface area contributed by atoms with E-state index in [0.29, 0.717) is 6.42 Å². The highest BCUT2D eigenvalue weighted by atomic mass is 16.5. The van der Waals surface area contributed by atoms with Crippen LogP contribution in [-0.2, 0) is 11.2 Å². The van der Waals surface area contributed by atoms with Gasteiger partial charge >= 0.3 is 0 Å². The van der Waals surface area contributed by atoms with Crippen molar-refractivity contribution in [2.24, 2.45) is 0 Å². The average Bonchev–Trinajstić information content (AvgIpc) is 2.29. The predicted molar refractivity (Wildman–Crippen MR) is 71.3 cm³/mol. The number of rotatable bonds is 5. The molecule has 0 radical (unpaired) electrons. The van der Waals surface area contributed by atoms with Gasteiger partial charge in [0.1, 0.15) is 11.5 Å². The number of carbonyl (C=O) groups is 1. The van der Waals surface area contributed by atoms with Gasteiger partial charge in [0.2, 0.25) is 5.91 Å². The van der Waals surface area contributed by atoms with E-state index in [9.17, 15) is 4.79 Å². The molecule has 0 aromatic heterocycles. The third-order valence-corrected chi connectivity index (χ3v) is 2.77. The fourth-order valence-electron chi connectivity index (χ4n) is 2.00. The summed E-state index contributed by atoms with van der Waals surface area (Å²) in [6.45, 7) is 5.46. The highest BCUT2D eigenvalue weighted by Crippen LogP contribution is 2.29. The Morgan fingerprint density at radius 1 is 1.28 bits per heavy atom. The van der Waals surface area contributed by atoms with Crippen molar-refractivity contribution in [2.45, 2.75) is 33.2 Å². The molecule has 1 rings (SSSR count). The van der Waals surface area contributed by atoms with E-state index in [1.807, 2.05) is 26.0 Å². The Morgan fingerprint density at radius 2 is 1.89 bits per heavy atom. The van der Waals surface area contributed by atoms with Crippen LogP contribution in [0.1, 0.15) is 25.0 Å². The monoisotopic (exact) mass is 251 g/mol. The quantitative estimate of drug-likeness (QED) is 0.871. The van der Waals surface area contributed by atoms with Crippen LogP contribution in [0, 0.1) is 6.92 Å². The molecule has 100 valence electrons. The van der Waals surface area contributed by atoms with Crippen molar-refractivity contribution in [3.8, 4) is 11.5 Å². The van der Waals surface area contributed by atoms with E-state index < -0.39 is 0 Å². The summed E-state index contributed by atoms with van der Waals surface area (Å²) in [4.78, 5) is 11.0. The Hall–Kier alpha value is -1.71. The summed E-state index contributed by atoms with van der Waals surface area (Å²) in [5.41, 5.74) is 2.06. The smallest absolute Gasteiger partial charge is 0.217 e. The minimum absolute atomic E-state index is 0.0273. The first-order chi connectivity index (χ1) is 8.47. The maximum Gasteiger partial charge on any atom is 0.217 e. The van der Waals surface area contributed by atoms with Crippen LogP contribution in [0.2, 0.25) is 0 Å². The van der Waals surface area contributed by atoms with Gasteiger partial charge in [-0.05, 0) is 43.5 Å². The molecule has 18 heavy (non-hydrogen) atoms. The molecule has 0 bridgehead atoms. The van der Waals surface area contributed by atoms with Crippen molar-refractivity contribution in [3.63, 3.8) is 0 Å². The van der Waals surface area contributed by atoms with Crippen LogP contribution in [0.3, 0.4) is 0 Å². The third kappa shape index (κ3) is 3.65. The van der Waals surface area contributed by atoms with Gasteiger partial charge in [-0.2, -0.15) is 0 Å². The Morgan fingerprint density at radius 3 is 2.39 bits per heavy atom. The Bertz CT molecular complexity index is 429. The maximum absolute atomic E-state index is 11.0. The van der Waals surface area contributed by atoms with Crippen molar-refractivity contribution in [1.29, 1.82) is 0 Å². The van der Waals surface area contributed by atoms with Crippen LogP contribution in [0.15, 0.2) is 12.1 Å².